The molecule has 0 N–H and O–H groups in total. The fraction of sp³-hybridized carbons (Fsp3) is 0.200. The molecular formula is C10H7F3N2O2. The summed E-state index contributed by atoms with van der Waals surface area (Å²) in [5, 5.41) is 3.54. The van der Waals surface area contributed by atoms with Crippen molar-refractivity contribution >= 4 is 0 Å². The molecule has 0 radical (unpaired) electrons. The first-order valence-electron chi connectivity index (χ1n) is 4.61. The number of alkyl halides is 3. The number of rotatable bonds is 2. The molecule has 2 rings (SSSR count). The summed E-state index contributed by atoms with van der Waals surface area (Å²) in [6.45, 7) is 1.55. The van der Waals surface area contributed by atoms with Gasteiger partial charge in [0.2, 0.25) is 11.7 Å². The van der Waals surface area contributed by atoms with Crippen LogP contribution in [-0.4, -0.2) is 16.5 Å². The van der Waals surface area contributed by atoms with Gasteiger partial charge >= 0.3 is 6.36 Å². The number of aromatic nitrogens is 2. The quantitative estimate of drug-likeness (QED) is 0.814. The molecule has 0 aliphatic rings. The van der Waals surface area contributed by atoms with E-state index < -0.39 is 6.36 Å². The number of halogens is 3. The molecule has 0 fully saturated rings. The summed E-state index contributed by atoms with van der Waals surface area (Å²) in [4.78, 5) is 3.85. The van der Waals surface area contributed by atoms with Gasteiger partial charge in [0.25, 0.3) is 0 Å². The van der Waals surface area contributed by atoms with Crippen molar-refractivity contribution in [3.63, 3.8) is 0 Å². The van der Waals surface area contributed by atoms with E-state index in [1.54, 1.807) is 13.0 Å². The van der Waals surface area contributed by atoms with Crippen LogP contribution in [0.5, 0.6) is 5.75 Å². The highest BCUT2D eigenvalue weighted by Gasteiger charge is 2.32. The minimum atomic E-state index is -4.76. The van der Waals surface area contributed by atoms with Crippen LogP contribution in [0.3, 0.4) is 0 Å². The third kappa shape index (κ3) is 2.74. The van der Waals surface area contributed by atoms with Gasteiger partial charge in [0, 0.05) is 6.92 Å². The molecule has 17 heavy (non-hydrogen) atoms. The first-order chi connectivity index (χ1) is 7.96. The predicted molar refractivity (Wildman–Crippen MR) is 51.2 cm³/mol. The number of hydrogen-bond donors (Lipinski definition) is 0. The third-order valence-electron chi connectivity index (χ3n) is 1.88. The lowest BCUT2D eigenvalue weighted by atomic mass is 10.2. The SMILES string of the molecule is Cc1nc(-c2ccccc2OC(F)(F)F)no1. The van der Waals surface area contributed by atoms with Gasteiger partial charge in [-0.25, -0.2) is 0 Å². The first kappa shape index (κ1) is 11.4. The third-order valence-corrected chi connectivity index (χ3v) is 1.88. The van der Waals surface area contributed by atoms with Crippen LogP contribution < -0.4 is 4.74 Å². The average Bonchev–Trinajstić information content (AvgIpc) is 2.63. The van der Waals surface area contributed by atoms with Crippen molar-refractivity contribution in [1.82, 2.24) is 10.1 Å². The Hall–Kier alpha value is -2.05. The van der Waals surface area contributed by atoms with Crippen LogP contribution in [0.15, 0.2) is 28.8 Å². The monoisotopic (exact) mass is 244 g/mol. The van der Waals surface area contributed by atoms with Crippen LogP contribution >= 0.6 is 0 Å². The van der Waals surface area contributed by atoms with Gasteiger partial charge in [-0.1, -0.05) is 17.3 Å². The minimum absolute atomic E-state index is 0.0577. The molecule has 4 nitrogen and oxygen atoms in total. The average molecular weight is 244 g/mol. The Bertz CT molecular complexity index is 522. The molecule has 2 aromatic rings. The molecule has 0 aliphatic carbocycles. The zero-order valence-electron chi connectivity index (χ0n) is 8.65. The van der Waals surface area contributed by atoms with E-state index in [9.17, 15) is 13.2 Å². The van der Waals surface area contributed by atoms with Crippen LogP contribution in [0.4, 0.5) is 13.2 Å². The standard InChI is InChI=1S/C10H7F3N2O2/c1-6-14-9(15-17-6)7-4-2-3-5-8(7)16-10(11,12)13/h2-5H,1H3. The Morgan fingerprint density at radius 2 is 1.94 bits per heavy atom. The minimum Gasteiger partial charge on any atom is -0.405 e. The van der Waals surface area contributed by atoms with Gasteiger partial charge in [0.1, 0.15) is 5.75 Å². The Morgan fingerprint density at radius 1 is 1.24 bits per heavy atom. The molecule has 90 valence electrons. The molecule has 0 unspecified atom stereocenters. The molecule has 0 amide bonds. The lowest BCUT2D eigenvalue weighted by molar-refractivity contribution is -0.274. The zero-order valence-corrected chi connectivity index (χ0v) is 8.65. The van der Waals surface area contributed by atoms with Crippen molar-refractivity contribution in [1.29, 1.82) is 0 Å². The number of aryl methyl sites for hydroxylation is 1. The summed E-state index contributed by atoms with van der Waals surface area (Å²) in [5.74, 6) is -0.0371. The summed E-state index contributed by atoms with van der Waals surface area (Å²) < 4.78 is 45.0. The first-order valence-corrected chi connectivity index (χ1v) is 4.61. The molecule has 0 aliphatic heterocycles. The Labute approximate surface area is 94.0 Å². The molecule has 7 heteroatoms. The highest BCUT2D eigenvalue weighted by Crippen LogP contribution is 2.31. The van der Waals surface area contributed by atoms with E-state index in [1.165, 1.54) is 18.2 Å². The normalized spacial score (nSPS) is 11.5. The fourth-order valence-electron chi connectivity index (χ4n) is 1.27. The van der Waals surface area contributed by atoms with Crippen LogP contribution in [0.25, 0.3) is 11.4 Å². The molecule has 1 aromatic carbocycles. The van der Waals surface area contributed by atoms with Crippen LogP contribution in [0, 0.1) is 6.92 Å². The zero-order chi connectivity index (χ0) is 12.5. The number of para-hydroxylation sites is 1. The lowest BCUT2D eigenvalue weighted by Crippen LogP contribution is -2.17. The van der Waals surface area contributed by atoms with E-state index in [4.69, 9.17) is 4.52 Å². The van der Waals surface area contributed by atoms with Crippen molar-refractivity contribution in [2.45, 2.75) is 13.3 Å². The molecule has 0 bridgehead atoms. The molecule has 1 aromatic heterocycles. The maximum absolute atomic E-state index is 12.2. The van der Waals surface area contributed by atoms with Crippen molar-refractivity contribution < 1.29 is 22.4 Å². The van der Waals surface area contributed by atoms with E-state index in [0.717, 1.165) is 0 Å². The van der Waals surface area contributed by atoms with Gasteiger partial charge in [-0.2, -0.15) is 4.98 Å². The molecule has 0 atom stereocenters. The van der Waals surface area contributed by atoms with Crippen molar-refractivity contribution in [3.05, 3.63) is 30.2 Å². The maximum Gasteiger partial charge on any atom is 0.573 e. The molecule has 0 saturated carbocycles. The van der Waals surface area contributed by atoms with Gasteiger partial charge in [-0.15, -0.1) is 13.2 Å². The Morgan fingerprint density at radius 3 is 2.53 bits per heavy atom. The summed E-state index contributed by atoms with van der Waals surface area (Å²) >= 11 is 0. The van der Waals surface area contributed by atoms with Gasteiger partial charge in [-0.05, 0) is 12.1 Å². The lowest BCUT2D eigenvalue weighted by Gasteiger charge is -2.10. The summed E-state index contributed by atoms with van der Waals surface area (Å²) in [5.41, 5.74) is 0.127. The summed E-state index contributed by atoms with van der Waals surface area (Å²) in [6.07, 6.45) is -4.76. The van der Waals surface area contributed by atoms with Gasteiger partial charge in [0.05, 0.1) is 5.56 Å². The summed E-state index contributed by atoms with van der Waals surface area (Å²) in [7, 11) is 0. The van der Waals surface area contributed by atoms with Gasteiger partial charge in [-0.3, -0.25) is 0 Å². The number of nitrogens with zero attached hydrogens (tertiary/aromatic N) is 2. The van der Waals surface area contributed by atoms with Crippen molar-refractivity contribution in [2.24, 2.45) is 0 Å². The van der Waals surface area contributed by atoms with E-state index in [-0.39, 0.29) is 23.0 Å². The number of hydrogen-bond acceptors (Lipinski definition) is 4. The van der Waals surface area contributed by atoms with Gasteiger partial charge < -0.3 is 9.26 Å². The molecule has 1 heterocycles. The van der Waals surface area contributed by atoms with E-state index in [0.29, 0.717) is 0 Å². The summed E-state index contributed by atoms with van der Waals surface area (Å²) in [6, 6.07) is 5.60. The second-order valence-corrected chi connectivity index (χ2v) is 3.18. The van der Waals surface area contributed by atoms with Crippen molar-refractivity contribution in [3.8, 4) is 17.1 Å². The van der Waals surface area contributed by atoms with E-state index in [1.807, 2.05) is 0 Å². The number of benzene rings is 1. The molecule has 0 spiro atoms. The Balaban J connectivity index is 2.41. The van der Waals surface area contributed by atoms with Crippen molar-refractivity contribution in [2.75, 3.05) is 0 Å². The van der Waals surface area contributed by atoms with Crippen LogP contribution in [0.2, 0.25) is 0 Å². The Kier molecular flexibility index (Phi) is 2.74. The molecular weight excluding hydrogens is 237 g/mol. The largest absolute Gasteiger partial charge is 0.573 e. The number of ether oxygens (including phenoxy) is 1. The maximum atomic E-state index is 12.2. The van der Waals surface area contributed by atoms with Gasteiger partial charge in [0.15, 0.2) is 0 Å². The fourth-order valence-corrected chi connectivity index (χ4v) is 1.27. The van der Waals surface area contributed by atoms with Crippen LogP contribution in [-0.2, 0) is 0 Å². The topological polar surface area (TPSA) is 48.2 Å². The van der Waals surface area contributed by atoms with E-state index >= 15 is 0 Å². The molecule has 0 saturated heterocycles. The van der Waals surface area contributed by atoms with E-state index in [2.05, 4.69) is 14.9 Å². The highest BCUT2D eigenvalue weighted by molar-refractivity contribution is 5.63. The highest BCUT2D eigenvalue weighted by atomic mass is 19.4. The second kappa shape index (κ2) is 4.08. The predicted octanol–water partition coefficient (Wildman–Crippen LogP) is 2.94. The van der Waals surface area contributed by atoms with Crippen LogP contribution in [0.1, 0.15) is 5.89 Å². The second-order valence-electron chi connectivity index (χ2n) is 3.18. The smallest absolute Gasteiger partial charge is 0.405 e.